The van der Waals surface area contributed by atoms with Crippen molar-refractivity contribution in [1.29, 1.82) is 0 Å². The third kappa shape index (κ3) is 4.61. The number of carbonyl (C=O) groups excluding carboxylic acids is 2. The normalized spacial score (nSPS) is 10.4. The Hall–Kier alpha value is -3.65. The number of hydrogen-bond donors (Lipinski definition) is 1. The molecule has 3 aromatic rings. The van der Waals surface area contributed by atoms with Gasteiger partial charge in [0.2, 0.25) is 0 Å². The summed E-state index contributed by atoms with van der Waals surface area (Å²) in [5.41, 5.74) is -0.256. The molecule has 8 nitrogen and oxygen atoms in total. The zero-order valence-electron chi connectivity index (χ0n) is 15.2. The lowest BCUT2D eigenvalue weighted by Gasteiger charge is -2.11. The van der Waals surface area contributed by atoms with Crippen molar-refractivity contribution >= 4 is 45.6 Å². The molecule has 0 bridgehead atoms. The predicted molar refractivity (Wildman–Crippen MR) is 108 cm³/mol. The summed E-state index contributed by atoms with van der Waals surface area (Å²) in [6, 6.07) is 14.5. The Morgan fingerprint density at radius 1 is 1.10 bits per heavy atom. The Kier molecular flexibility index (Phi) is 5.94. The highest BCUT2D eigenvalue weighted by Gasteiger charge is 2.19. The molecule has 1 amide bonds. The number of esters is 1. The third-order valence-electron chi connectivity index (χ3n) is 4.05. The third-order valence-corrected chi connectivity index (χ3v) is 4.29. The van der Waals surface area contributed by atoms with Crippen LogP contribution >= 0.6 is 11.6 Å². The lowest BCUT2D eigenvalue weighted by Crippen LogP contribution is -2.21. The number of halogens is 1. The molecule has 0 aliphatic carbocycles. The summed E-state index contributed by atoms with van der Waals surface area (Å²) in [5.74, 6) is -1.18. The van der Waals surface area contributed by atoms with E-state index in [0.717, 1.165) is 16.8 Å². The van der Waals surface area contributed by atoms with Crippen molar-refractivity contribution in [3.05, 3.63) is 75.3 Å². The molecule has 0 fully saturated rings. The molecule has 0 saturated heterocycles. The van der Waals surface area contributed by atoms with Crippen molar-refractivity contribution in [3.8, 4) is 5.75 Å². The Morgan fingerprint density at radius 3 is 2.45 bits per heavy atom. The van der Waals surface area contributed by atoms with E-state index >= 15 is 0 Å². The first kappa shape index (κ1) is 20.1. The van der Waals surface area contributed by atoms with Crippen LogP contribution in [0.2, 0.25) is 5.02 Å². The van der Waals surface area contributed by atoms with Crippen LogP contribution in [-0.2, 0) is 9.53 Å². The Bertz CT molecular complexity index is 1120. The minimum Gasteiger partial charge on any atom is -0.496 e. The summed E-state index contributed by atoms with van der Waals surface area (Å²) >= 11 is 5.74. The highest BCUT2D eigenvalue weighted by molar-refractivity contribution is 6.31. The van der Waals surface area contributed by atoms with Crippen LogP contribution in [0, 0.1) is 10.1 Å². The molecule has 0 spiro atoms. The van der Waals surface area contributed by atoms with Gasteiger partial charge in [0.1, 0.15) is 17.0 Å². The maximum Gasteiger partial charge on any atom is 0.342 e. The van der Waals surface area contributed by atoms with Crippen molar-refractivity contribution in [2.75, 3.05) is 19.0 Å². The molecule has 0 aromatic heterocycles. The van der Waals surface area contributed by atoms with Crippen molar-refractivity contribution in [2.45, 2.75) is 0 Å². The Morgan fingerprint density at radius 2 is 1.79 bits per heavy atom. The quantitative estimate of drug-likeness (QED) is 0.368. The minimum atomic E-state index is -0.756. The average molecular weight is 415 g/mol. The molecule has 0 radical (unpaired) electrons. The van der Waals surface area contributed by atoms with Crippen LogP contribution < -0.4 is 10.1 Å². The second-order valence-electron chi connectivity index (χ2n) is 5.94. The number of benzene rings is 3. The fraction of sp³-hybridized carbons (Fsp3) is 0.100. The number of rotatable bonds is 6. The highest BCUT2D eigenvalue weighted by atomic mass is 35.5. The molecule has 0 saturated carbocycles. The number of anilines is 1. The number of ether oxygens (including phenoxy) is 2. The van der Waals surface area contributed by atoms with E-state index in [4.69, 9.17) is 21.1 Å². The first-order chi connectivity index (χ1) is 13.9. The van der Waals surface area contributed by atoms with Crippen LogP contribution in [0.3, 0.4) is 0 Å². The number of nitro benzene ring substituents is 1. The number of fused-ring (bicyclic) bond motifs is 1. The summed E-state index contributed by atoms with van der Waals surface area (Å²) in [6.07, 6.45) is 0. The molecule has 3 rings (SSSR count). The van der Waals surface area contributed by atoms with Gasteiger partial charge in [-0.15, -0.1) is 0 Å². The summed E-state index contributed by atoms with van der Waals surface area (Å²) < 4.78 is 10.3. The van der Waals surface area contributed by atoms with Gasteiger partial charge in [-0.2, -0.15) is 0 Å². The number of methoxy groups -OCH3 is 1. The van der Waals surface area contributed by atoms with Gasteiger partial charge in [0.05, 0.1) is 12.0 Å². The van der Waals surface area contributed by atoms with Crippen LogP contribution in [0.4, 0.5) is 11.4 Å². The van der Waals surface area contributed by atoms with E-state index in [9.17, 15) is 19.7 Å². The number of hydrogen-bond acceptors (Lipinski definition) is 6. The maximum atomic E-state index is 12.4. The zero-order valence-corrected chi connectivity index (χ0v) is 15.9. The fourth-order valence-electron chi connectivity index (χ4n) is 2.70. The van der Waals surface area contributed by atoms with E-state index in [1.54, 1.807) is 12.1 Å². The van der Waals surface area contributed by atoms with Crippen molar-refractivity contribution in [2.24, 2.45) is 0 Å². The topological polar surface area (TPSA) is 108 Å². The molecule has 0 atom stereocenters. The van der Waals surface area contributed by atoms with E-state index in [-0.39, 0.29) is 22.0 Å². The summed E-state index contributed by atoms with van der Waals surface area (Å²) in [7, 11) is 1.42. The SMILES string of the molecule is COc1cc2ccccc2cc1C(=O)OCC(=O)Nc1ccc(Cl)cc1[N+](=O)[O-]. The van der Waals surface area contributed by atoms with Crippen LogP contribution in [0.5, 0.6) is 5.75 Å². The van der Waals surface area contributed by atoms with E-state index in [1.165, 1.54) is 19.2 Å². The van der Waals surface area contributed by atoms with Crippen LogP contribution in [0.1, 0.15) is 10.4 Å². The lowest BCUT2D eigenvalue weighted by molar-refractivity contribution is -0.383. The Balaban J connectivity index is 1.72. The average Bonchev–Trinajstić information content (AvgIpc) is 2.72. The van der Waals surface area contributed by atoms with Gasteiger partial charge in [0.15, 0.2) is 6.61 Å². The second-order valence-corrected chi connectivity index (χ2v) is 6.38. The van der Waals surface area contributed by atoms with Crippen molar-refractivity contribution in [3.63, 3.8) is 0 Å². The molecule has 148 valence electrons. The zero-order chi connectivity index (χ0) is 21.0. The highest BCUT2D eigenvalue weighted by Crippen LogP contribution is 2.28. The first-order valence-electron chi connectivity index (χ1n) is 8.36. The van der Waals surface area contributed by atoms with E-state index in [1.807, 2.05) is 24.3 Å². The van der Waals surface area contributed by atoms with E-state index in [0.29, 0.717) is 5.75 Å². The summed E-state index contributed by atoms with van der Waals surface area (Å²) in [6.45, 7) is -0.630. The van der Waals surface area contributed by atoms with Gasteiger partial charge in [-0.3, -0.25) is 14.9 Å². The molecule has 3 aromatic carbocycles. The smallest absolute Gasteiger partial charge is 0.342 e. The molecule has 0 aliphatic heterocycles. The van der Waals surface area contributed by atoms with Crippen LogP contribution in [-0.4, -0.2) is 30.5 Å². The fourth-order valence-corrected chi connectivity index (χ4v) is 2.87. The monoisotopic (exact) mass is 414 g/mol. The van der Waals surface area contributed by atoms with Crippen LogP contribution in [0.25, 0.3) is 10.8 Å². The van der Waals surface area contributed by atoms with Gasteiger partial charge in [-0.1, -0.05) is 35.9 Å². The molecule has 29 heavy (non-hydrogen) atoms. The van der Waals surface area contributed by atoms with Crippen LogP contribution in [0.15, 0.2) is 54.6 Å². The molecule has 0 unspecified atom stereocenters. The molecule has 0 aliphatic rings. The number of nitrogens with one attached hydrogen (secondary N) is 1. The first-order valence-corrected chi connectivity index (χ1v) is 8.74. The second kappa shape index (κ2) is 8.57. The number of nitro groups is 1. The molecule has 0 heterocycles. The minimum absolute atomic E-state index is 0.0521. The molecule has 9 heteroatoms. The van der Waals surface area contributed by atoms with E-state index < -0.39 is 23.4 Å². The molecular formula is C20H15ClN2O6. The van der Waals surface area contributed by atoms with Crippen molar-refractivity contribution < 1.29 is 24.0 Å². The van der Waals surface area contributed by atoms with Gasteiger partial charge in [0.25, 0.3) is 11.6 Å². The summed E-state index contributed by atoms with van der Waals surface area (Å²) in [4.78, 5) is 34.9. The predicted octanol–water partition coefficient (Wildman–Crippen LogP) is 4.21. The largest absolute Gasteiger partial charge is 0.496 e. The van der Waals surface area contributed by atoms with Gasteiger partial charge in [0, 0.05) is 11.1 Å². The van der Waals surface area contributed by atoms with Gasteiger partial charge in [-0.25, -0.2) is 4.79 Å². The number of amides is 1. The number of nitrogens with zero attached hydrogens (tertiary/aromatic N) is 1. The lowest BCUT2D eigenvalue weighted by atomic mass is 10.1. The Labute approximate surface area is 170 Å². The molecule has 1 N–H and O–H groups in total. The van der Waals surface area contributed by atoms with E-state index in [2.05, 4.69) is 5.32 Å². The number of carbonyl (C=O) groups is 2. The summed E-state index contributed by atoms with van der Waals surface area (Å²) in [5, 5.41) is 15.3. The van der Waals surface area contributed by atoms with Gasteiger partial charge in [-0.05, 0) is 35.0 Å². The van der Waals surface area contributed by atoms with Gasteiger partial charge >= 0.3 is 5.97 Å². The molecular weight excluding hydrogens is 400 g/mol. The van der Waals surface area contributed by atoms with Gasteiger partial charge < -0.3 is 14.8 Å². The van der Waals surface area contributed by atoms with Crippen molar-refractivity contribution in [1.82, 2.24) is 0 Å². The maximum absolute atomic E-state index is 12.4. The standard InChI is InChI=1S/C20H15ClN2O6/c1-28-18-9-13-5-3-2-4-12(13)8-15(18)20(25)29-11-19(24)22-16-7-6-14(21)10-17(16)23(26)27/h2-10H,11H2,1H3,(H,22,24).